The Kier molecular flexibility index (Phi) is 3.67. The smallest absolute Gasteiger partial charge is 0.194 e. The molecule has 2 unspecified atom stereocenters. The van der Waals surface area contributed by atoms with Gasteiger partial charge in [-0.25, -0.2) is 4.98 Å². The standard InChI is InChI=1S/C15H15BrN2OS/c1-9-8-20-15-17-7-13(18(9)15)14(19)10(2)11-3-5-12(16)6-4-11/h3-8,10,14,19H,1-2H3. The Hall–Kier alpha value is -1.17. The highest BCUT2D eigenvalue weighted by atomic mass is 79.9. The summed E-state index contributed by atoms with van der Waals surface area (Å²) in [7, 11) is 0. The normalized spacial score (nSPS) is 14.6. The second-order valence-corrected chi connectivity index (χ2v) is 6.72. The number of rotatable bonds is 3. The molecule has 0 fully saturated rings. The molecule has 3 aromatic rings. The van der Waals surface area contributed by atoms with Crippen LogP contribution in [0.15, 0.2) is 40.3 Å². The van der Waals surface area contributed by atoms with Gasteiger partial charge in [0.1, 0.15) is 6.10 Å². The molecule has 0 bridgehead atoms. The van der Waals surface area contributed by atoms with E-state index in [9.17, 15) is 5.11 Å². The van der Waals surface area contributed by atoms with E-state index in [1.807, 2.05) is 42.5 Å². The monoisotopic (exact) mass is 350 g/mol. The molecule has 1 N–H and O–H groups in total. The molecule has 0 aliphatic heterocycles. The lowest BCUT2D eigenvalue weighted by Crippen LogP contribution is -2.10. The van der Waals surface area contributed by atoms with Gasteiger partial charge in [-0.1, -0.05) is 35.0 Å². The molecule has 1 aromatic carbocycles. The fourth-order valence-corrected chi connectivity index (χ4v) is 3.50. The summed E-state index contributed by atoms with van der Waals surface area (Å²) >= 11 is 5.03. The predicted octanol–water partition coefficient (Wildman–Crippen LogP) is 4.30. The van der Waals surface area contributed by atoms with Gasteiger partial charge >= 0.3 is 0 Å². The Morgan fingerprint density at radius 1 is 1.30 bits per heavy atom. The minimum absolute atomic E-state index is 0.0160. The van der Waals surface area contributed by atoms with Crippen LogP contribution in [-0.4, -0.2) is 14.5 Å². The van der Waals surface area contributed by atoms with Crippen molar-refractivity contribution in [2.45, 2.75) is 25.9 Å². The first kappa shape index (κ1) is 13.8. The third kappa shape index (κ3) is 2.30. The highest BCUT2D eigenvalue weighted by Crippen LogP contribution is 2.32. The van der Waals surface area contributed by atoms with E-state index in [1.165, 1.54) is 0 Å². The van der Waals surface area contributed by atoms with Crippen LogP contribution in [0.1, 0.15) is 35.9 Å². The van der Waals surface area contributed by atoms with E-state index in [1.54, 1.807) is 17.5 Å². The largest absolute Gasteiger partial charge is 0.386 e. The summed E-state index contributed by atoms with van der Waals surface area (Å²) in [4.78, 5) is 5.29. The molecule has 2 atom stereocenters. The molecule has 2 aromatic heterocycles. The van der Waals surface area contributed by atoms with Gasteiger partial charge in [0.2, 0.25) is 0 Å². The van der Waals surface area contributed by atoms with Gasteiger partial charge in [-0.3, -0.25) is 4.40 Å². The van der Waals surface area contributed by atoms with Crippen molar-refractivity contribution in [2.75, 3.05) is 0 Å². The maximum Gasteiger partial charge on any atom is 0.194 e. The van der Waals surface area contributed by atoms with Gasteiger partial charge in [0.25, 0.3) is 0 Å². The van der Waals surface area contributed by atoms with E-state index in [2.05, 4.69) is 26.3 Å². The number of thiazole rings is 1. The summed E-state index contributed by atoms with van der Waals surface area (Å²) in [6.07, 6.45) is 1.21. The summed E-state index contributed by atoms with van der Waals surface area (Å²) in [5.74, 6) is 0.0160. The van der Waals surface area contributed by atoms with Crippen LogP contribution in [-0.2, 0) is 0 Å². The highest BCUT2D eigenvalue weighted by molar-refractivity contribution is 9.10. The first-order valence-electron chi connectivity index (χ1n) is 6.43. The number of aliphatic hydroxyl groups excluding tert-OH is 1. The molecule has 0 spiro atoms. The topological polar surface area (TPSA) is 37.5 Å². The molecular weight excluding hydrogens is 336 g/mol. The fraction of sp³-hybridized carbons (Fsp3) is 0.267. The van der Waals surface area contributed by atoms with Crippen LogP contribution >= 0.6 is 27.3 Å². The van der Waals surface area contributed by atoms with E-state index in [0.717, 1.165) is 26.4 Å². The molecule has 20 heavy (non-hydrogen) atoms. The van der Waals surface area contributed by atoms with Gasteiger partial charge < -0.3 is 5.11 Å². The number of aryl methyl sites for hydroxylation is 1. The molecule has 0 saturated heterocycles. The Morgan fingerprint density at radius 3 is 2.70 bits per heavy atom. The Bertz CT molecular complexity index is 732. The molecule has 0 amide bonds. The average molecular weight is 351 g/mol. The lowest BCUT2D eigenvalue weighted by molar-refractivity contribution is 0.146. The zero-order valence-corrected chi connectivity index (χ0v) is 13.6. The van der Waals surface area contributed by atoms with Crippen molar-refractivity contribution in [2.24, 2.45) is 0 Å². The second-order valence-electron chi connectivity index (χ2n) is 4.96. The van der Waals surface area contributed by atoms with Crippen molar-refractivity contribution in [1.29, 1.82) is 0 Å². The number of fused-ring (bicyclic) bond motifs is 1. The average Bonchev–Trinajstić information content (AvgIpc) is 3.02. The molecule has 3 nitrogen and oxygen atoms in total. The van der Waals surface area contributed by atoms with Gasteiger partial charge in [-0.15, -0.1) is 11.3 Å². The SMILES string of the molecule is Cc1csc2ncc(C(O)C(C)c3ccc(Br)cc3)n12. The molecule has 0 aliphatic rings. The van der Waals surface area contributed by atoms with E-state index >= 15 is 0 Å². The number of hydrogen-bond donors (Lipinski definition) is 1. The van der Waals surface area contributed by atoms with Gasteiger partial charge in [-0.05, 0) is 24.6 Å². The first-order chi connectivity index (χ1) is 9.58. The third-order valence-electron chi connectivity index (χ3n) is 3.62. The number of aliphatic hydroxyl groups is 1. The van der Waals surface area contributed by atoms with E-state index in [-0.39, 0.29) is 5.92 Å². The zero-order valence-electron chi connectivity index (χ0n) is 11.2. The molecule has 3 rings (SSSR count). The molecule has 2 heterocycles. The number of imidazole rings is 1. The maximum atomic E-state index is 10.7. The molecule has 0 saturated carbocycles. The molecule has 0 radical (unpaired) electrons. The minimum atomic E-state index is -0.570. The summed E-state index contributed by atoms with van der Waals surface area (Å²) < 4.78 is 3.08. The summed E-state index contributed by atoms with van der Waals surface area (Å²) in [6.45, 7) is 4.07. The van der Waals surface area contributed by atoms with Crippen LogP contribution < -0.4 is 0 Å². The van der Waals surface area contributed by atoms with Gasteiger partial charge in [-0.2, -0.15) is 0 Å². The van der Waals surface area contributed by atoms with E-state index in [4.69, 9.17) is 0 Å². The second kappa shape index (κ2) is 5.31. The fourth-order valence-electron chi connectivity index (χ4n) is 2.39. The number of nitrogens with zero attached hydrogens (tertiary/aromatic N) is 2. The summed E-state index contributed by atoms with van der Waals surface area (Å²) in [6, 6.07) is 8.08. The molecule has 5 heteroatoms. The number of hydrogen-bond acceptors (Lipinski definition) is 3. The van der Waals surface area contributed by atoms with Crippen molar-refractivity contribution in [3.63, 3.8) is 0 Å². The predicted molar refractivity (Wildman–Crippen MR) is 85.3 cm³/mol. The van der Waals surface area contributed by atoms with Crippen molar-refractivity contribution in [3.05, 3.63) is 57.3 Å². The van der Waals surface area contributed by atoms with Crippen LogP contribution in [0.2, 0.25) is 0 Å². The van der Waals surface area contributed by atoms with Crippen LogP contribution in [0.5, 0.6) is 0 Å². The van der Waals surface area contributed by atoms with E-state index in [0.29, 0.717) is 0 Å². The van der Waals surface area contributed by atoms with Crippen molar-refractivity contribution in [3.8, 4) is 0 Å². The van der Waals surface area contributed by atoms with Crippen molar-refractivity contribution >= 4 is 32.2 Å². The maximum absolute atomic E-state index is 10.7. The van der Waals surface area contributed by atoms with Crippen LogP contribution in [0.25, 0.3) is 4.96 Å². The highest BCUT2D eigenvalue weighted by Gasteiger charge is 2.22. The number of benzene rings is 1. The van der Waals surface area contributed by atoms with Gasteiger partial charge in [0, 0.05) is 21.5 Å². The number of aromatic nitrogens is 2. The lowest BCUT2D eigenvalue weighted by atomic mass is 9.94. The quantitative estimate of drug-likeness (QED) is 0.764. The minimum Gasteiger partial charge on any atom is -0.386 e. The Balaban J connectivity index is 1.97. The van der Waals surface area contributed by atoms with Crippen molar-refractivity contribution in [1.82, 2.24) is 9.38 Å². The number of halogens is 1. The summed E-state index contributed by atoms with van der Waals surface area (Å²) in [5.41, 5.74) is 3.08. The van der Waals surface area contributed by atoms with Gasteiger partial charge in [0.05, 0.1) is 11.9 Å². The summed E-state index contributed by atoms with van der Waals surface area (Å²) in [5, 5.41) is 12.7. The molecule has 0 aliphatic carbocycles. The Labute approximate surface area is 130 Å². The van der Waals surface area contributed by atoms with Crippen molar-refractivity contribution < 1.29 is 5.11 Å². The van der Waals surface area contributed by atoms with Crippen LogP contribution in [0.4, 0.5) is 0 Å². The van der Waals surface area contributed by atoms with E-state index < -0.39 is 6.10 Å². The molecular formula is C15H15BrN2OS. The molecule has 104 valence electrons. The van der Waals surface area contributed by atoms with Crippen LogP contribution in [0, 0.1) is 6.92 Å². The lowest BCUT2D eigenvalue weighted by Gasteiger charge is -2.19. The van der Waals surface area contributed by atoms with Crippen LogP contribution in [0.3, 0.4) is 0 Å². The third-order valence-corrected chi connectivity index (χ3v) is 5.10. The first-order valence-corrected chi connectivity index (χ1v) is 8.10. The zero-order chi connectivity index (χ0) is 14.3. The van der Waals surface area contributed by atoms with Gasteiger partial charge in [0.15, 0.2) is 4.96 Å². The Morgan fingerprint density at radius 2 is 2.00 bits per heavy atom.